The Balaban J connectivity index is 1.70. The van der Waals surface area contributed by atoms with Gasteiger partial charge in [-0.3, -0.25) is 9.59 Å². The molecule has 1 aromatic heterocycles. The molecule has 1 aliphatic rings. The van der Waals surface area contributed by atoms with Crippen LogP contribution in [0.4, 0.5) is 10.7 Å². The molecule has 1 aliphatic heterocycles. The molecule has 0 spiro atoms. The first kappa shape index (κ1) is 18.9. The third kappa shape index (κ3) is 3.64. The van der Waals surface area contributed by atoms with Gasteiger partial charge in [-0.25, -0.2) is 4.79 Å². The number of anilines is 2. The molecule has 2 aromatic carbocycles. The molecule has 0 aliphatic carbocycles. The van der Waals surface area contributed by atoms with Gasteiger partial charge in [0, 0.05) is 18.0 Å². The van der Waals surface area contributed by atoms with Crippen molar-refractivity contribution in [3.05, 3.63) is 81.7 Å². The van der Waals surface area contributed by atoms with E-state index in [1.165, 1.54) is 23.5 Å². The van der Waals surface area contributed by atoms with Gasteiger partial charge < -0.3 is 15.7 Å². The molecule has 6 nitrogen and oxygen atoms in total. The highest BCUT2D eigenvalue weighted by atomic mass is 32.1. The lowest BCUT2D eigenvalue weighted by atomic mass is 9.84. The van der Waals surface area contributed by atoms with Gasteiger partial charge >= 0.3 is 5.97 Å². The third-order valence-electron chi connectivity index (χ3n) is 4.98. The van der Waals surface area contributed by atoms with Gasteiger partial charge in [0.15, 0.2) is 0 Å². The van der Waals surface area contributed by atoms with E-state index in [1.807, 2.05) is 37.3 Å². The topological polar surface area (TPSA) is 95.5 Å². The fraction of sp³-hybridized carbons (Fsp3) is 0.136. The summed E-state index contributed by atoms with van der Waals surface area (Å²) >= 11 is 1.26. The number of carboxylic acids is 1. The third-order valence-corrected chi connectivity index (χ3v) is 6.20. The molecular weight excluding hydrogens is 388 g/mol. The van der Waals surface area contributed by atoms with E-state index in [-0.39, 0.29) is 29.7 Å². The minimum Gasteiger partial charge on any atom is -0.478 e. The van der Waals surface area contributed by atoms with E-state index < -0.39 is 5.97 Å². The maximum atomic E-state index is 12.8. The Morgan fingerprint density at radius 1 is 1.10 bits per heavy atom. The highest BCUT2D eigenvalue weighted by Gasteiger charge is 2.32. The van der Waals surface area contributed by atoms with Crippen LogP contribution in [0.3, 0.4) is 0 Å². The van der Waals surface area contributed by atoms with E-state index in [1.54, 1.807) is 12.1 Å². The first-order valence-electron chi connectivity index (χ1n) is 9.07. The molecule has 7 heteroatoms. The number of thiophene rings is 1. The van der Waals surface area contributed by atoms with Crippen LogP contribution in [-0.4, -0.2) is 22.9 Å². The molecule has 2 amide bonds. The standard InChI is InChI=1S/C22H18N2O4S/c1-12-18-16(13-7-9-14(10-8-13)22(27)28)11-17(25)24-21(18)29-19(12)20(26)23-15-5-3-2-4-6-15/h2-10,16H,11H2,1H3,(H,23,26)(H,24,25)(H,27,28). The first-order valence-corrected chi connectivity index (χ1v) is 9.88. The molecule has 2 heterocycles. The zero-order valence-electron chi connectivity index (χ0n) is 15.6. The summed E-state index contributed by atoms with van der Waals surface area (Å²) in [6.45, 7) is 1.88. The normalized spacial score (nSPS) is 15.3. The van der Waals surface area contributed by atoms with Gasteiger partial charge in [0.1, 0.15) is 0 Å². The summed E-state index contributed by atoms with van der Waals surface area (Å²) in [6, 6.07) is 15.7. The Morgan fingerprint density at radius 3 is 2.45 bits per heavy atom. The fourth-order valence-electron chi connectivity index (χ4n) is 3.57. The minimum absolute atomic E-state index is 0.124. The summed E-state index contributed by atoms with van der Waals surface area (Å²) in [4.78, 5) is 36.7. The van der Waals surface area contributed by atoms with Crippen LogP contribution in [0.25, 0.3) is 0 Å². The molecule has 29 heavy (non-hydrogen) atoms. The predicted octanol–water partition coefficient (Wildman–Crippen LogP) is 4.48. The number of fused-ring (bicyclic) bond motifs is 1. The van der Waals surface area contributed by atoms with Crippen molar-refractivity contribution in [2.24, 2.45) is 0 Å². The number of para-hydroxylation sites is 1. The number of amides is 2. The summed E-state index contributed by atoms with van der Waals surface area (Å²) in [5.74, 6) is -1.57. The molecule has 0 saturated heterocycles. The number of aromatic carboxylic acids is 1. The second-order valence-corrected chi connectivity index (χ2v) is 7.87. The summed E-state index contributed by atoms with van der Waals surface area (Å²) in [5, 5.41) is 15.5. The molecule has 3 aromatic rings. The number of carbonyl (C=O) groups is 3. The van der Waals surface area contributed by atoms with Crippen LogP contribution in [0.1, 0.15) is 49.1 Å². The van der Waals surface area contributed by atoms with Crippen molar-refractivity contribution in [2.75, 3.05) is 10.6 Å². The van der Waals surface area contributed by atoms with Gasteiger partial charge in [0.2, 0.25) is 5.91 Å². The number of hydrogen-bond acceptors (Lipinski definition) is 4. The van der Waals surface area contributed by atoms with Crippen molar-refractivity contribution in [1.82, 2.24) is 0 Å². The van der Waals surface area contributed by atoms with Gasteiger partial charge in [0.25, 0.3) is 5.91 Å². The number of carboxylic acid groups (broad SMARTS) is 1. The molecule has 146 valence electrons. The Morgan fingerprint density at radius 2 is 1.79 bits per heavy atom. The van der Waals surface area contributed by atoms with E-state index in [0.717, 1.165) is 16.7 Å². The average Bonchev–Trinajstić information content (AvgIpc) is 3.04. The Labute approximate surface area is 171 Å². The number of carbonyl (C=O) groups excluding carboxylic acids is 2. The second-order valence-electron chi connectivity index (χ2n) is 6.85. The Hall–Kier alpha value is -3.45. The zero-order valence-corrected chi connectivity index (χ0v) is 16.4. The fourth-order valence-corrected chi connectivity index (χ4v) is 4.75. The van der Waals surface area contributed by atoms with Crippen LogP contribution in [-0.2, 0) is 4.79 Å². The molecule has 4 rings (SSSR count). The summed E-state index contributed by atoms with van der Waals surface area (Å²) in [5.41, 5.74) is 3.48. The number of hydrogen-bond donors (Lipinski definition) is 3. The van der Waals surface area contributed by atoms with Crippen molar-refractivity contribution < 1.29 is 19.5 Å². The summed E-state index contributed by atoms with van der Waals surface area (Å²) in [7, 11) is 0. The lowest BCUT2D eigenvalue weighted by Crippen LogP contribution is -2.22. The van der Waals surface area contributed by atoms with Crippen LogP contribution < -0.4 is 10.6 Å². The van der Waals surface area contributed by atoms with E-state index >= 15 is 0 Å². The first-order chi connectivity index (χ1) is 13.9. The van der Waals surface area contributed by atoms with Crippen molar-refractivity contribution in [3.63, 3.8) is 0 Å². The van der Waals surface area contributed by atoms with Crippen molar-refractivity contribution in [1.29, 1.82) is 0 Å². The van der Waals surface area contributed by atoms with Crippen LogP contribution in [0, 0.1) is 6.92 Å². The number of rotatable bonds is 4. The predicted molar refractivity (Wildman–Crippen MR) is 112 cm³/mol. The zero-order chi connectivity index (χ0) is 20.5. The summed E-state index contributed by atoms with van der Waals surface area (Å²) < 4.78 is 0. The van der Waals surface area contributed by atoms with Gasteiger partial charge in [-0.15, -0.1) is 11.3 Å². The van der Waals surface area contributed by atoms with E-state index in [0.29, 0.717) is 15.6 Å². The van der Waals surface area contributed by atoms with Crippen molar-refractivity contribution in [3.8, 4) is 0 Å². The maximum absolute atomic E-state index is 12.8. The smallest absolute Gasteiger partial charge is 0.335 e. The molecule has 0 fully saturated rings. The molecule has 0 bridgehead atoms. The molecule has 1 atom stereocenters. The molecule has 1 unspecified atom stereocenters. The van der Waals surface area contributed by atoms with E-state index in [9.17, 15) is 14.4 Å². The highest BCUT2D eigenvalue weighted by Crippen LogP contribution is 2.45. The van der Waals surface area contributed by atoms with Crippen LogP contribution in [0.15, 0.2) is 54.6 Å². The molecule has 0 radical (unpaired) electrons. The maximum Gasteiger partial charge on any atom is 0.335 e. The average molecular weight is 406 g/mol. The highest BCUT2D eigenvalue weighted by molar-refractivity contribution is 7.18. The number of nitrogens with one attached hydrogen (secondary N) is 2. The van der Waals surface area contributed by atoms with Gasteiger partial charge in [-0.05, 0) is 47.9 Å². The monoisotopic (exact) mass is 406 g/mol. The lowest BCUT2D eigenvalue weighted by molar-refractivity contribution is -0.116. The molecule has 0 saturated carbocycles. The minimum atomic E-state index is -0.995. The molecule has 3 N–H and O–H groups in total. The van der Waals surface area contributed by atoms with Crippen molar-refractivity contribution >= 4 is 39.8 Å². The SMILES string of the molecule is Cc1c(C(=O)Nc2ccccc2)sc2c1C(c1ccc(C(=O)O)cc1)CC(=O)N2. The van der Waals surface area contributed by atoms with Crippen LogP contribution in [0.2, 0.25) is 0 Å². The summed E-state index contributed by atoms with van der Waals surface area (Å²) in [6.07, 6.45) is 0.247. The van der Waals surface area contributed by atoms with E-state index in [2.05, 4.69) is 10.6 Å². The largest absolute Gasteiger partial charge is 0.478 e. The van der Waals surface area contributed by atoms with Crippen LogP contribution >= 0.6 is 11.3 Å². The quantitative estimate of drug-likeness (QED) is 0.595. The van der Waals surface area contributed by atoms with Crippen molar-refractivity contribution in [2.45, 2.75) is 19.3 Å². The lowest BCUT2D eigenvalue weighted by Gasteiger charge is -2.24. The van der Waals surface area contributed by atoms with Gasteiger partial charge in [-0.1, -0.05) is 30.3 Å². The van der Waals surface area contributed by atoms with Crippen LogP contribution in [0.5, 0.6) is 0 Å². The second kappa shape index (κ2) is 7.52. The Kier molecular flexibility index (Phi) is 4.90. The molecular formula is C22H18N2O4S. The number of benzene rings is 2. The Bertz CT molecular complexity index is 1100. The van der Waals surface area contributed by atoms with Gasteiger partial charge in [-0.2, -0.15) is 0 Å². The van der Waals surface area contributed by atoms with E-state index in [4.69, 9.17) is 5.11 Å². The van der Waals surface area contributed by atoms with Gasteiger partial charge in [0.05, 0.1) is 15.4 Å².